The normalized spacial score (nSPS) is 15.8. The fourth-order valence-corrected chi connectivity index (χ4v) is 4.80. The highest BCUT2D eigenvalue weighted by molar-refractivity contribution is 7.89. The lowest BCUT2D eigenvalue weighted by Gasteiger charge is -2.22. The molecule has 1 heterocycles. The lowest BCUT2D eigenvalue weighted by Crippen LogP contribution is -2.41. The van der Waals surface area contributed by atoms with Crippen molar-refractivity contribution in [2.45, 2.75) is 24.3 Å². The van der Waals surface area contributed by atoms with Crippen LogP contribution in [0.1, 0.15) is 23.6 Å². The van der Waals surface area contributed by atoms with E-state index in [-0.39, 0.29) is 17.0 Å². The van der Waals surface area contributed by atoms with Gasteiger partial charge in [-0.2, -0.15) is 5.10 Å². The van der Waals surface area contributed by atoms with E-state index in [0.717, 1.165) is 27.8 Å². The van der Waals surface area contributed by atoms with Gasteiger partial charge in [-0.05, 0) is 67.4 Å². The van der Waals surface area contributed by atoms with Crippen molar-refractivity contribution in [3.63, 3.8) is 0 Å². The third-order valence-corrected chi connectivity index (χ3v) is 7.49. The largest absolute Gasteiger partial charge is 0.340 e. The van der Waals surface area contributed by atoms with Crippen LogP contribution < -0.4 is 10.0 Å². The van der Waals surface area contributed by atoms with Crippen LogP contribution in [0, 0.1) is 0 Å². The maximum atomic E-state index is 12.6. The highest BCUT2D eigenvalue weighted by Crippen LogP contribution is 2.30. The average Bonchev–Trinajstić information content (AvgIpc) is 2.99. The minimum Gasteiger partial charge on any atom is -0.340 e. The second kappa shape index (κ2) is 9.58. The number of carbonyl (C=O) groups is 1. The van der Waals surface area contributed by atoms with Crippen LogP contribution >= 0.6 is 11.6 Å². The Bertz CT molecular complexity index is 1350. The number of hydrazone groups is 1. The summed E-state index contributed by atoms with van der Waals surface area (Å²) in [5.74, 6) is 0. The third-order valence-electron chi connectivity index (χ3n) is 5.81. The Labute approximate surface area is 204 Å². The molecular formula is C25H25ClN4O3S. The predicted molar refractivity (Wildman–Crippen MR) is 135 cm³/mol. The Morgan fingerprint density at radius 3 is 2.21 bits per heavy atom. The molecule has 1 aliphatic heterocycles. The molecule has 1 unspecified atom stereocenters. The first-order chi connectivity index (χ1) is 16.2. The fraction of sp³-hybridized carbons (Fsp3) is 0.200. The SMILES string of the molecule is CNC(=O)N1N=C(c2ccc(Cl)cc2)c2cc(-c3ccc(S(=O)(=O)NC)cc3)ccc2CC1C. The van der Waals surface area contributed by atoms with Gasteiger partial charge in [-0.15, -0.1) is 0 Å². The van der Waals surface area contributed by atoms with Crippen LogP contribution in [0.15, 0.2) is 76.7 Å². The lowest BCUT2D eigenvalue weighted by atomic mass is 9.91. The number of nitrogens with zero attached hydrogens (tertiary/aromatic N) is 2. The van der Waals surface area contributed by atoms with Crippen LogP contribution in [0.4, 0.5) is 4.79 Å². The van der Waals surface area contributed by atoms with Gasteiger partial charge in [0.1, 0.15) is 0 Å². The van der Waals surface area contributed by atoms with Gasteiger partial charge in [0.25, 0.3) is 0 Å². The topological polar surface area (TPSA) is 90.9 Å². The highest BCUT2D eigenvalue weighted by atomic mass is 35.5. The summed E-state index contributed by atoms with van der Waals surface area (Å²) in [6, 6.07) is 19.7. The van der Waals surface area contributed by atoms with E-state index in [4.69, 9.17) is 16.7 Å². The van der Waals surface area contributed by atoms with Crippen LogP contribution in [-0.4, -0.2) is 45.3 Å². The second-order valence-corrected chi connectivity index (χ2v) is 10.3. The van der Waals surface area contributed by atoms with E-state index in [2.05, 4.69) is 10.0 Å². The van der Waals surface area contributed by atoms with E-state index >= 15 is 0 Å². The smallest absolute Gasteiger partial charge is 0.337 e. The van der Waals surface area contributed by atoms with Crippen LogP contribution in [0.2, 0.25) is 5.02 Å². The number of fused-ring (bicyclic) bond motifs is 1. The van der Waals surface area contributed by atoms with Crippen molar-refractivity contribution in [2.75, 3.05) is 14.1 Å². The Hall–Kier alpha value is -3.20. The minimum absolute atomic E-state index is 0.152. The Kier molecular flexibility index (Phi) is 6.74. The number of carbonyl (C=O) groups excluding carboxylic acids is 1. The summed E-state index contributed by atoms with van der Waals surface area (Å²) in [5.41, 5.74) is 5.25. The van der Waals surface area contributed by atoms with Crippen LogP contribution in [0.5, 0.6) is 0 Å². The van der Waals surface area contributed by atoms with Gasteiger partial charge in [0.05, 0.1) is 16.6 Å². The number of rotatable bonds is 4. The number of sulfonamides is 1. The van der Waals surface area contributed by atoms with Gasteiger partial charge in [-0.25, -0.2) is 22.9 Å². The zero-order valence-electron chi connectivity index (χ0n) is 19.0. The molecule has 3 aromatic rings. The molecule has 2 amide bonds. The zero-order chi connectivity index (χ0) is 24.5. The molecule has 4 rings (SSSR count). The van der Waals surface area contributed by atoms with Crippen molar-refractivity contribution in [1.82, 2.24) is 15.0 Å². The Morgan fingerprint density at radius 1 is 0.971 bits per heavy atom. The van der Waals surface area contributed by atoms with Gasteiger partial charge >= 0.3 is 6.03 Å². The molecule has 0 spiro atoms. The van der Waals surface area contributed by atoms with Crippen LogP contribution in [0.3, 0.4) is 0 Å². The number of halogens is 1. The van der Waals surface area contributed by atoms with Crippen molar-refractivity contribution >= 4 is 33.4 Å². The molecule has 0 fully saturated rings. The molecule has 7 nitrogen and oxygen atoms in total. The maximum absolute atomic E-state index is 12.6. The fourth-order valence-electron chi connectivity index (χ4n) is 3.94. The van der Waals surface area contributed by atoms with E-state index in [0.29, 0.717) is 17.2 Å². The molecule has 0 aromatic heterocycles. The quantitative estimate of drug-likeness (QED) is 0.565. The van der Waals surface area contributed by atoms with Crippen molar-refractivity contribution < 1.29 is 13.2 Å². The Morgan fingerprint density at radius 2 is 1.59 bits per heavy atom. The summed E-state index contributed by atoms with van der Waals surface area (Å²) >= 11 is 6.11. The summed E-state index contributed by atoms with van der Waals surface area (Å²) in [6.07, 6.45) is 0.628. The molecule has 9 heteroatoms. The van der Waals surface area contributed by atoms with Crippen molar-refractivity contribution in [2.24, 2.45) is 5.10 Å². The van der Waals surface area contributed by atoms with E-state index < -0.39 is 10.0 Å². The van der Waals surface area contributed by atoms with E-state index in [9.17, 15) is 13.2 Å². The summed E-state index contributed by atoms with van der Waals surface area (Å²) < 4.78 is 26.5. The van der Waals surface area contributed by atoms with E-state index in [1.807, 2.05) is 37.3 Å². The minimum atomic E-state index is -3.51. The van der Waals surface area contributed by atoms with Crippen LogP contribution in [0.25, 0.3) is 11.1 Å². The Balaban J connectivity index is 1.84. The molecule has 1 aliphatic rings. The molecule has 0 aliphatic carbocycles. The number of urea groups is 1. The van der Waals surface area contributed by atoms with Gasteiger partial charge in [-0.3, -0.25) is 0 Å². The molecule has 0 saturated heterocycles. The molecule has 1 atom stereocenters. The molecule has 0 saturated carbocycles. The summed E-state index contributed by atoms with van der Waals surface area (Å²) in [5, 5.41) is 9.52. The molecule has 3 aromatic carbocycles. The monoisotopic (exact) mass is 496 g/mol. The van der Waals surface area contributed by atoms with Gasteiger partial charge in [0.2, 0.25) is 10.0 Å². The first kappa shape index (κ1) is 23.9. The zero-order valence-corrected chi connectivity index (χ0v) is 20.6. The number of amides is 2. The van der Waals surface area contributed by atoms with Crippen molar-refractivity contribution in [1.29, 1.82) is 0 Å². The maximum Gasteiger partial charge on any atom is 0.337 e. The number of hydrogen-bond donors (Lipinski definition) is 2. The molecular weight excluding hydrogens is 472 g/mol. The highest BCUT2D eigenvalue weighted by Gasteiger charge is 2.27. The predicted octanol–water partition coefficient (Wildman–Crippen LogP) is 4.25. The first-order valence-electron chi connectivity index (χ1n) is 10.8. The van der Waals surface area contributed by atoms with Crippen molar-refractivity contribution in [3.8, 4) is 11.1 Å². The second-order valence-electron chi connectivity index (χ2n) is 8.01. The third kappa shape index (κ3) is 4.70. The summed E-state index contributed by atoms with van der Waals surface area (Å²) in [7, 11) is -0.542. The van der Waals surface area contributed by atoms with Gasteiger partial charge in [0, 0.05) is 23.2 Å². The first-order valence-corrected chi connectivity index (χ1v) is 12.6. The summed E-state index contributed by atoms with van der Waals surface area (Å²) in [6.45, 7) is 1.96. The summed E-state index contributed by atoms with van der Waals surface area (Å²) in [4.78, 5) is 12.8. The lowest BCUT2D eigenvalue weighted by molar-refractivity contribution is 0.184. The van der Waals surface area contributed by atoms with Gasteiger partial charge in [0.15, 0.2) is 0 Å². The standard InChI is InChI=1S/C25H25ClN4O3S/c1-16-14-20-5-4-19(17-8-12-22(13-9-17)34(32,33)28-3)15-23(20)24(29-30(16)25(31)27-2)18-6-10-21(26)11-7-18/h4-13,15-16,28H,14H2,1-3H3,(H,27,31). The van der Waals surface area contributed by atoms with Crippen molar-refractivity contribution in [3.05, 3.63) is 88.4 Å². The van der Waals surface area contributed by atoms with Gasteiger partial charge in [-0.1, -0.05) is 48.0 Å². The molecule has 0 radical (unpaired) electrons. The molecule has 2 N–H and O–H groups in total. The molecule has 176 valence electrons. The number of nitrogens with one attached hydrogen (secondary N) is 2. The molecule has 0 bridgehead atoms. The van der Waals surface area contributed by atoms with E-state index in [1.165, 1.54) is 12.1 Å². The average molecular weight is 497 g/mol. The molecule has 34 heavy (non-hydrogen) atoms. The van der Waals surface area contributed by atoms with Crippen LogP contribution in [-0.2, 0) is 16.4 Å². The van der Waals surface area contributed by atoms with E-state index in [1.54, 1.807) is 43.4 Å². The number of hydrogen-bond acceptors (Lipinski definition) is 4. The van der Waals surface area contributed by atoms with Gasteiger partial charge < -0.3 is 5.32 Å². The number of benzene rings is 3.